The first kappa shape index (κ1) is 16.4. The number of rotatable bonds is 8. The molecule has 1 aliphatic rings. The lowest BCUT2D eigenvalue weighted by atomic mass is 10.1. The Morgan fingerprint density at radius 2 is 1.95 bits per heavy atom. The normalized spacial score (nSPS) is 15.3. The summed E-state index contributed by atoms with van der Waals surface area (Å²) in [4.78, 5) is 0.714. The third kappa shape index (κ3) is 4.25. The second kappa shape index (κ2) is 6.85. The van der Waals surface area contributed by atoms with Crippen LogP contribution in [0.3, 0.4) is 0 Å². The lowest BCUT2D eigenvalue weighted by Gasteiger charge is -2.21. The first-order valence-corrected chi connectivity index (χ1v) is 9.19. The minimum atomic E-state index is -3.45. The number of thiocarbonyl (C=S) groups is 1. The summed E-state index contributed by atoms with van der Waals surface area (Å²) in [5.41, 5.74) is 6.67. The number of nitrogens with zero attached hydrogens (tertiary/aromatic N) is 1. The van der Waals surface area contributed by atoms with Crippen LogP contribution in [-0.4, -0.2) is 30.3 Å². The summed E-state index contributed by atoms with van der Waals surface area (Å²) < 4.78 is 27.0. The quantitative estimate of drug-likeness (QED) is 0.746. The fourth-order valence-electron chi connectivity index (χ4n) is 2.33. The highest BCUT2D eigenvalue weighted by Crippen LogP contribution is 2.32. The van der Waals surface area contributed by atoms with Gasteiger partial charge in [0.25, 0.3) is 0 Å². The van der Waals surface area contributed by atoms with Gasteiger partial charge >= 0.3 is 0 Å². The van der Waals surface area contributed by atoms with Gasteiger partial charge in [-0.05, 0) is 37.0 Å². The van der Waals surface area contributed by atoms with Gasteiger partial charge in [0.15, 0.2) is 0 Å². The predicted octanol–water partition coefficient (Wildman–Crippen LogP) is 2.47. The molecule has 21 heavy (non-hydrogen) atoms. The monoisotopic (exact) mass is 326 g/mol. The van der Waals surface area contributed by atoms with Crippen LogP contribution in [0.5, 0.6) is 0 Å². The van der Waals surface area contributed by atoms with Gasteiger partial charge < -0.3 is 5.73 Å². The number of hydrogen-bond donors (Lipinski definition) is 1. The summed E-state index contributed by atoms with van der Waals surface area (Å²) in [6.45, 7) is 2.48. The number of sulfonamides is 1. The molecular weight excluding hydrogens is 304 g/mol. The average molecular weight is 326 g/mol. The maximum Gasteiger partial charge on any atom is 0.243 e. The molecule has 0 aliphatic heterocycles. The van der Waals surface area contributed by atoms with E-state index in [1.807, 2.05) is 12.1 Å². The van der Waals surface area contributed by atoms with Crippen LogP contribution in [0, 0.1) is 0 Å². The zero-order valence-corrected chi connectivity index (χ0v) is 13.9. The SMILES string of the molecule is CCCc1ccc(S(=O)(=O)N(CCC(N)=S)C2CC2)cc1. The second-order valence-corrected chi connectivity index (χ2v) is 7.87. The first-order chi connectivity index (χ1) is 9.95. The number of hydrogen-bond acceptors (Lipinski definition) is 3. The standard InChI is InChI=1S/C15H22N2O2S2/c1-2-3-12-4-8-14(9-5-12)21(18,19)17(13-6-7-13)11-10-15(16)20/h4-5,8-9,13H,2-3,6-7,10-11H2,1H3,(H2,16,20). The van der Waals surface area contributed by atoms with Gasteiger partial charge in [0.05, 0.1) is 9.88 Å². The van der Waals surface area contributed by atoms with E-state index < -0.39 is 10.0 Å². The van der Waals surface area contributed by atoms with Crippen molar-refractivity contribution in [3.8, 4) is 0 Å². The van der Waals surface area contributed by atoms with Crippen LogP contribution in [0.4, 0.5) is 0 Å². The minimum absolute atomic E-state index is 0.111. The molecule has 0 unspecified atom stereocenters. The van der Waals surface area contributed by atoms with Crippen LogP contribution in [0.1, 0.15) is 38.2 Å². The molecule has 0 heterocycles. The lowest BCUT2D eigenvalue weighted by Crippen LogP contribution is -2.35. The Hall–Kier alpha value is -0.980. The Morgan fingerprint density at radius 1 is 1.33 bits per heavy atom. The molecule has 1 fully saturated rings. The van der Waals surface area contributed by atoms with E-state index in [1.54, 1.807) is 16.4 Å². The average Bonchev–Trinajstić information content (AvgIpc) is 3.24. The molecule has 0 radical (unpaired) electrons. The van der Waals surface area contributed by atoms with Crippen LogP contribution in [0.2, 0.25) is 0 Å². The topological polar surface area (TPSA) is 63.4 Å². The predicted molar refractivity (Wildman–Crippen MR) is 88.8 cm³/mol. The van der Waals surface area contributed by atoms with Crippen LogP contribution in [-0.2, 0) is 16.4 Å². The molecular formula is C15H22N2O2S2. The van der Waals surface area contributed by atoms with Crippen LogP contribution in [0.15, 0.2) is 29.2 Å². The van der Waals surface area contributed by atoms with Gasteiger partial charge in [0.1, 0.15) is 0 Å². The van der Waals surface area contributed by atoms with E-state index in [-0.39, 0.29) is 6.04 Å². The van der Waals surface area contributed by atoms with Crippen molar-refractivity contribution in [3.63, 3.8) is 0 Å². The highest BCUT2D eigenvalue weighted by molar-refractivity contribution is 7.89. The molecule has 0 spiro atoms. The van der Waals surface area contributed by atoms with E-state index in [1.165, 1.54) is 0 Å². The maximum absolute atomic E-state index is 12.7. The lowest BCUT2D eigenvalue weighted by molar-refractivity contribution is 0.413. The molecule has 1 saturated carbocycles. The Morgan fingerprint density at radius 3 is 2.43 bits per heavy atom. The molecule has 2 rings (SSSR count). The van der Waals surface area contributed by atoms with E-state index in [0.29, 0.717) is 22.8 Å². The van der Waals surface area contributed by atoms with Crippen molar-refractivity contribution in [1.82, 2.24) is 4.31 Å². The van der Waals surface area contributed by atoms with Crippen LogP contribution >= 0.6 is 12.2 Å². The van der Waals surface area contributed by atoms with Gasteiger partial charge in [0, 0.05) is 19.0 Å². The van der Waals surface area contributed by atoms with Crippen molar-refractivity contribution >= 4 is 27.2 Å². The minimum Gasteiger partial charge on any atom is -0.393 e. The highest BCUT2D eigenvalue weighted by Gasteiger charge is 2.37. The smallest absolute Gasteiger partial charge is 0.243 e. The summed E-state index contributed by atoms with van der Waals surface area (Å²) in [7, 11) is -3.45. The fraction of sp³-hybridized carbons (Fsp3) is 0.533. The molecule has 0 amide bonds. The van der Waals surface area contributed by atoms with E-state index in [2.05, 4.69) is 6.92 Å². The van der Waals surface area contributed by atoms with Crippen molar-refractivity contribution in [2.75, 3.05) is 6.54 Å². The molecule has 0 aromatic heterocycles. The molecule has 1 aromatic carbocycles. The molecule has 4 nitrogen and oxygen atoms in total. The molecule has 0 bridgehead atoms. The summed E-state index contributed by atoms with van der Waals surface area (Å²) >= 11 is 4.86. The summed E-state index contributed by atoms with van der Waals surface area (Å²) in [5.74, 6) is 0. The Kier molecular flexibility index (Phi) is 5.35. The van der Waals surface area contributed by atoms with Crippen molar-refractivity contribution in [2.24, 2.45) is 5.73 Å². The second-order valence-electron chi connectivity index (χ2n) is 5.46. The molecule has 6 heteroatoms. The highest BCUT2D eigenvalue weighted by atomic mass is 32.2. The number of benzene rings is 1. The Balaban J connectivity index is 2.19. The first-order valence-electron chi connectivity index (χ1n) is 7.34. The fourth-order valence-corrected chi connectivity index (χ4v) is 4.11. The largest absolute Gasteiger partial charge is 0.393 e. The van der Waals surface area contributed by atoms with Crippen LogP contribution < -0.4 is 5.73 Å². The zero-order chi connectivity index (χ0) is 15.5. The zero-order valence-electron chi connectivity index (χ0n) is 12.3. The molecule has 1 aliphatic carbocycles. The van der Waals surface area contributed by atoms with E-state index >= 15 is 0 Å². The van der Waals surface area contributed by atoms with Crippen molar-refractivity contribution in [2.45, 2.75) is 50.0 Å². The summed E-state index contributed by atoms with van der Waals surface area (Å²) in [6.07, 6.45) is 4.29. The summed E-state index contributed by atoms with van der Waals surface area (Å²) in [5, 5.41) is 0. The van der Waals surface area contributed by atoms with Crippen molar-refractivity contribution < 1.29 is 8.42 Å². The van der Waals surface area contributed by atoms with Gasteiger partial charge in [-0.1, -0.05) is 37.7 Å². The number of aryl methyl sites for hydroxylation is 1. The van der Waals surface area contributed by atoms with Crippen molar-refractivity contribution in [1.29, 1.82) is 0 Å². The molecule has 2 N–H and O–H groups in total. The maximum atomic E-state index is 12.7. The number of nitrogens with two attached hydrogens (primary N) is 1. The molecule has 0 atom stereocenters. The van der Waals surface area contributed by atoms with Gasteiger partial charge in [-0.3, -0.25) is 0 Å². The molecule has 0 saturated heterocycles. The van der Waals surface area contributed by atoms with Gasteiger partial charge in [0.2, 0.25) is 10.0 Å². The van der Waals surface area contributed by atoms with E-state index in [9.17, 15) is 8.42 Å². The molecule has 116 valence electrons. The van der Waals surface area contributed by atoms with E-state index in [4.69, 9.17) is 18.0 Å². The van der Waals surface area contributed by atoms with Crippen molar-refractivity contribution in [3.05, 3.63) is 29.8 Å². The van der Waals surface area contributed by atoms with Gasteiger partial charge in [-0.2, -0.15) is 4.31 Å². The third-order valence-corrected chi connectivity index (χ3v) is 5.77. The molecule has 1 aromatic rings. The van der Waals surface area contributed by atoms with Gasteiger partial charge in [-0.15, -0.1) is 0 Å². The Labute approximate surface area is 132 Å². The summed E-state index contributed by atoms with van der Waals surface area (Å²) in [6, 6.07) is 7.32. The van der Waals surface area contributed by atoms with Gasteiger partial charge in [-0.25, -0.2) is 8.42 Å². The Bertz CT molecular complexity index is 593. The van der Waals surface area contributed by atoms with Crippen LogP contribution in [0.25, 0.3) is 0 Å². The van der Waals surface area contributed by atoms with E-state index in [0.717, 1.165) is 31.2 Å². The third-order valence-electron chi connectivity index (χ3n) is 3.60.